The van der Waals surface area contributed by atoms with Crippen LogP contribution in [0.5, 0.6) is 5.88 Å². The van der Waals surface area contributed by atoms with E-state index in [0.717, 1.165) is 5.41 Å². The number of nitrogens with one attached hydrogen (secondary N) is 2. The largest absolute Gasteiger partial charge is 0.477 e. The molecule has 21 heavy (non-hydrogen) atoms. The predicted molar refractivity (Wildman–Crippen MR) is 81.6 cm³/mol. The molecule has 7 nitrogen and oxygen atoms in total. The van der Waals surface area contributed by atoms with E-state index in [1.54, 1.807) is 6.92 Å². The maximum absolute atomic E-state index is 11.8. The maximum atomic E-state index is 11.8. The van der Waals surface area contributed by atoms with E-state index < -0.39 is 10.0 Å². The number of aromatic amines is 1. The monoisotopic (exact) mass is 310 g/mol. The van der Waals surface area contributed by atoms with Crippen LogP contribution in [0.3, 0.4) is 0 Å². The molecule has 2 N–H and O–H groups in total. The summed E-state index contributed by atoms with van der Waals surface area (Å²) in [6.07, 6.45) is 4.35. The second kappa shape index (κ2) is 6.13. The van der Waals surface area contributed by atoms with Gasteiger partial charge in [0.25, 0.3) is 10.0 Å². The summed E-state index contributed by atoms with van der Waals surface area (Å²) in [5.74, 6) is 0.685. The molecule has 2 heterocycles. The van der Waals surface area contributed by atoms with Gasteiger partial charge >= 0.3 is 0 Å². The molecule has 2 rings (SSSR count). The van der Waals surface area contributed by atoms with Crippen LogP contribution in [-0.2, 0) is 10.0 Å². The van der Waals surface area contributed by atoms with Gasteiger partial charge in [-0.3, -0.25) is 4.72 Å². The predicted octanol–water partition coefficient (Wildman–Crippen LogP) is 2.27. The van der Waals surface area contributed by atoms with Crippen LogP contribution in [0.2, 0.25) is 0 Å². The fourth-order valence-electron chi connectivity index (χ4n) is 1.74. The summed E-state index contributed by atoms with van der Waals surface area (Å²) >= 11 is 0. The molecular weight excluding hydrogens is 292 g/mol. The molecule has 0 aliphatic rings. The van der Waals surface area contributed by atoms with Crippen molar-refractivity contribution in [3.8, 4) is 5.88 Å². The highest BCUT2D eigenvalue weighted by atomic mass is 32.2. The number of allylic oxidation sites excluding steroid dienone is 1. The van der Waals surface area contributed by atoms with Gasteiger partial charge in [-0.2, -0.15) is 0 Å². The second-order valence-corrected chi connectivity index (χ2v) is 6.49. The molecule has 0 spiro atoms. The number of rotatable bonds is 6. The summed E-state index contributed by atoms with van der Waals surface area (Å²) in [6, 6.07) is 0. The topological polar surface area (TPSA) is 97.0 Å². The number of nitrogens with zero attached hydrogens (tertiary/aromatic N) is 2. The van der Waals surface area contributed by atoms with E-state index in [4.69, 9.17) is 4.74 Å². The molecular formula is C13H18N4O3S. The van der Waals surface area contributed by atoms with E-state index in [1.807, 2.05) is 13.8 Å². The summed E-state index contributed by atoms with van der Waals surface area (Å²) in [7, 11) is -3.56. The average molecular weight is 310 g/mol. The molecule has 0 unspecified atom stereocenters. The van der Waals surface area contributed by atoms with Crippen molar-refractivity contribution in [2.75, 3.05) is 11.3 Å². The zero-order valence-electron chi connectivity index (χ0n) is 12.1. The molecule has 0 saturated heterocycles. The third kappa shape index (κ3) is 3.72. The van der Waals surface area contributed by atoms with Gasteiger partial charge in [-0.1, -0.05) is 19.9 Å². The minimum atomic E-state index is -3.56. The molecule has 0 amide bonds. The first-order valence-corrected chi connectivity index (χ1v) is 8.08. The van der Waals surface area contributed by atoms with Crippen LogP contribution >= 0.6 is 0 Å². The normalized spacial score (nSPS) is 12.4. The Bertz CT molecular complexity index is 750. The van der Waals surface area contributed by atoms with Gasteiger partial charge in [-0.05, 0) is 12.8 Å². The Hall–Kier alpha value is -2.09. The van der Waals surface area contributed by atoms with Crippen molar-refractivity contribution in [2.45, 2.75) is 20.8 Å². The van der Waals surface area contributed by atoms with Crippen LogP contribution in [0.1, 0.15) is 20.8 Å². The molecule has 0 atom stereocenters. The third-order valence-corrected chi connectivity index (χ3v) is 3.69. The Kier molecular flexibility index (Phi) is 4.46. The molecule has 114 valence electrons. The number of sulfonamides is 1. The summed E-state index contributed by atoms with van der Waals surface area (Å²) in [4.78, 5) is 11.0. The van der Waals surface area contributed by atoms with Gasteiger partial charge in [0.1, 0.15) is 17.4 Å². The Morgan fingerprint density at radius 1 is 1.43 bits per heavy atom. The van der Waals surface area contributed by atoms with Crippen molar-refractivity contribution in [1.82, 2.24) is 15.0 Å². The number of ether oxygens (including phenoxy) is 1. The van der Waals surface area contributed by atoms with Crippen LogP contribution in [0.25, 0.3) is 11.0 Å². The van der Waals surface area contributed by atoms with Crippen molar-refractivity contribution in [3.05, 3.63) is 24.0 Å². The molecule has 8 heteroatoms. The number of hydrogen-bond acceptors (Lipinski definition) is 5. The van der Waals surface area contributed by atoms with E-state index in [-0.39, 0.29) is 0 Å². The summed E-state index contributed by atoms with van der Waals surface area (Å²) in [5.41, 5.74) is 0.879. The lowest BCUT2D eigenvalue weighted by molar-refractivity contribution is 0.264. The summed E-state index contributed by atoms with van der Waals surface area (Å²) in [5, 5.41) is 1.61. The zero-order valence-corrected chi connectivity index (χ0v) is 12.9. The number of fused-ring (bicyclic) bond motifs is 1. The quantitative estimate of drug-likeness (QED) is 0.853. The highest BCUT2D eigenvalue weighted by Crippen LogP contribution is 2.30. The minimum Gasteiger partial charge on any atom is -0.477 e. The Morgan fingerprint density at radius 2 is 2.19 bits per heavy atom. The molecule has 2 aromatic heterocycles. The van der Waals surface area contributed by atoms with Gasteiger partial charge in [-0.15, -0.1) is 0 Å². The van der Waals surface area contributed by atoms with E-state index in [2.05, 4.69) is 19.7 Å². The lowest BCUT2D eigenvalue weighted by atomic mass is 10.2. The molecule has 0 radical (unpaired) electrons. The fourth-order valence-corrected chi connectivity index (χ4v) is 2.63. The van der Waals surface area contributed by atoms with E-state index in [1.165, 1.54) is 18.6 Å². The van der Waals surface area contributed by atoms with Crippen LogP contribution in [0.15, 0.2) is 24.0 Å². The highest BCUT2D eigenvalue weighted by molar-refractivity contribution is 7.95. The Morgan fingerprint density at radius 3 is 2.86 bits per heavy atom. The standard InChI is InChI=1S/C13H18N4O3S/c1-4-5-21(18,19)17-10-6-14-12-11(10)13(16-8-15-12)20-7-9(2)3/h4-6,8-9,17H,7H2,1-3H3,(H,14,15,16)/b5-4+. The highest BCUT2D eigenvalue weighted by Gasteiger charge is 2.16. The van der Waals surface area contributed by atoms with E-state index in [9.17, 15) is 8.42 Å². The minimum absolute atomic E-state index is 0.331. The van der Waals surface area contributed by atoms with Crippen molar-refractivity contribution >= 4 is 26.7 Å². The molecule has 0 aliphatic carbocycles. The maximum Gasteiger partial charge on any atom is 0.254 e. The first kappa shape index (κ1) is 15.3. The van der Waals surface area contributed by atoms with Gasteiger partial charge in [0.05, 0.1) is 12.3 Å². The Balaban J connectivity index is 2.41. The van der Waals surface area contributed by atoms with Gasteiger partial charge in [-0.25, -0.2) is 18.4 Å². The Labute approximate surface area is 123 Å². The summed E-state index contributed by atoms with van der Waals surface area (Å²) < 4.78 is 31.7. The fraction of sp³-hybridized carbons (Fsp3) is 0.385. The first-order valence-electron chi connectivity index (χ1n) is 6.53. The van der Waals surface area contributed by atoms with Crippen LogP contribution < -0.4 is 9.46 Å². The molecule has 0 aliphatic heterocycles. The molecule has 0 saturated carbocycles. The van der Waals surface area contributed by atoms with Gasteiger partial charge in [0, 0.05) is 11.6 Å². The van der Waals surface area contributed by atoms with Gasteiger partial charge in [0.2, 0.25) is 5.88 Å². The van der Waals surface area contributed by atoms with Gasteiger partial charge < -0.3 is 9.72 Å². The average Bonchev–Trinajstić information content (AvgIpc) is 2.79. The number of aromatic nitrogens is 3. The lowest BCUT2D eigenvalue weighted by Crippen LogP contribution is -2.09. The summed E-state index contributed by atoms with van der Waals surface area (Å²) in [6.45, 7) is 6.16. The smallest absolute Gasteiger partial charge is 0.254 e. The number of H-pyrrole nitrogens is 1. The molecule has 0 bridgehead atoms. The molecule has 2 aromatic rings. The zero-order chi connectivity index (χ0) is 15.5. The van der Waals surface area contributed by atoms with Crippen LogP contribution in [0, 0.1) is 5.92 Å². The van der Waals surface area contributed by atoms with Crippen LogP contribution in [-0.4, -0.2) is 30.0 Å². The molecule has 0 fully saturated rings. The molecule has 0 aromatic carbocycles. The SMILES string of the molecule is C/C=C/S(=O)(=O)Nc1c[nH]c2ncnc(OCC(C)C)c12. The lowest BCUT2D eigenvalue weighted by Gasteiger charge is -2.09. The number of anilines is 1. The van der Waals surface area contributed by atoms with E-state index >= 15 is 0 Å². The van der Waals surface area contributed by atoms with E-state index in [0.29, 0.717) is 35.1 Å². The first-order chi connectivity index (χ1) is 9.93. The van der Waals surface area contributed by atoms with Crippen LogP contribution in [0.4, 0.5) is 5.69 Å². The second-order valence-electron chi connectivity index (χ2n) is 4.93. The van der Waals surface area contributed by atoms with Crippen molar-refractivity contribution < 1.29 is 13.2 Å². The third-order valence-electron chi connectivity index (χ3n) is 2.56. The van der Waals surface area contributed by atoms with Crippen molar-refractivity contribution in [2.24, 2.45) is 5.92 Å². The number of hydrogen-bond donors (Lipinski definition) is 2. The van der Waals surface area contributed by atoms with Crippen molar-refractivity contribution in [3.63, 3.8) is 0 Å². The van der Waals surface area contributed by atoms with Gasteiger partial charge in [0.15, 0.2) is 0 Å². The van der Waals surface area contributed by atoms with Crippen molar-refractivity contribution in [1.29, 1.82) is 0 Å².